The van der Waals surface area contributed by atoms with E-state index >= 15 is 0 Å². The molecule has 0 fully saturated rings. The van der Waals surface area contributed by atoms with Crippen LogP contribution in [0.25, 0.3) is 22.8 Å². The number of nitrogens with zero attached hydrogens (tertiary/aromatic N) is 3. The summed E-state index contributed by atoms with van der Waals surface area (Å²) in [5.41, 5.74) is 1.81. The van der Waals surface area contributed by atoms with Gasteiger partial charge in [0, 0.05) is 11.1 Å². The summed E-state index contributed by atoms with van der Waals surface area (Å²) in [6.07, 6.45) is 0. The lowest BCUT2D eigenvalue weighted by Crippen LogP contribution is -2.71. The van der Waals surface area contributed by atoms with Crippen molar-refractivity contribution in [2.24, 2.45) is 0 Å². The van der Waals surface area contributed by atoms with Crippen LogP contribution in [0.1, 0.15) is 0 Å². The first kappa shape index (κ1) is 23.5. The van der Waals surface area contributed by atoms with Gasteiger partial charge in [-0.15, -0.1) is 0 Å². The highest BCUT2D eigenvalue weighted by atomic mass is 28.4. The van der Waals surface area contributed by atoms with Crippen LogP contribution in [-0.2, 0) is 0 Å². The lowest BCUT2D eigenvalue weighted by atomic mass is 10.2. The number of aromatic nitrogens is 3. The molecule has 0 unspecified atom stereocenters. The van der Waals surface area contributed by atoms with Crippen LogP contribution in [-0.4, -0.2) is 23.3 Å². The molecule has 4 nitrogen and oxygen atoms in total. The predicted octanol–water partition coefficient (Wildman–Crippen LogP) is 5.25. The van der Waals surface area contributed by atoms with E-state index in [2.05, 4.69) is 72.8 Å². The quantitative estimate of drug-likeness (QED) is 0.219. The third kappa shape index (κ3) is 4.63. The summed E-state index contributed by atoms with van der Waals surface area (Å²) in [6, 6.07) is 51.5. The van der Waals surface area contributed by atoms with Gasteiger partial charge in [0.1, 0.15) is 0 Å². The Hall–Kier alpha value is -4.87. The van der Waals surface area contributed by atoms with Gasteiger partial charge in [-0.25, -0.2) is 4.98 Å². The Bertz CT molecular complexity index is 1460. The predicted molar refractivity (Wildman–Crippen MR) is 155 cm³/mol. The number of hydrogen-bond acceptors (Lipinski definition) is 4. The van der Waals surface area contributed by atoms with Crippen molar-refractivity contribution >= 4 is 23.9 Å². The molecule has 5 heteroatoms. The second kappa shape index (κ2) is 10.6. The minimum Gasteiger partial charge on any atom is -0.503 e. The van der Waals surface area contributed by atoms with E-state index in [0.29, 0.717) is 17.7 Å². The summed E-state index contributed by atoms with van der Waals surface area (Å²) in [7, 11) is -3.07. The second-order valence-corrected chi connectivity index (χ2v) is 12.2. The van der Waals surface area contributed by atoms with Gasteiger partial charge in [-0.3, -0.25) is 0 Å². The fourth-order valence-corrected chi connectivity index (χ4v) is 8.37. The molecule has 0 aliphatic rings. The highest BCUT2D eigenvalue weighted by molar-refractivity contribution is 7.07. The fourth-order valence-electron chi connectivity index (χ4n) is 4.67. The lowest BCUT2D eigenvalue weighted by molar-refractivity contribution is 0.524. The van der Waals surface area contributed by atoms with Gasteiger partial charge in [0.15, 0.2) is 11.6 Å². The Kier molecular flexibility index (Phi) is 6.58. The topological polar surface area (TPSA) is 47.9 Å². The average Bonchev–Trinajstić information content (AvgIpc) is 3.02. The third-order valence-electron chi connectivity index (χ3n) is 6.46. The Morgan fingerprint density at radius 1 is 0.368 bits per heavy atom. The first-order valence-electron chi connectivity index (χ1n) is 12.6. The minimum absolute atomic E-state index is 0.306. The molecule has 1 aromatic heterocycles. The van der Waals surface area contributed by atoms with Crippen molar-refractivity contribution in [1.82, 2.24) is 15.0 Å². The van der Waals surface area contributed by atoms with E-state index in [4.69, 9.17) is 19.4 Å². The molecule has 0 saturated heterocycles. The van der Waals surface area contributed by atoms with E-state index < -0.39 is 8.32 Å². The fraction of sp³-hybridized carbons (Fsp3) is 0. The molecule has 0 radical (unpaired) electrons. The van der Waals surface area contributed by atoms with Gasteiger partial charge < -0.3 is 4.43 Å². The maximum absolute atomic E-state index is 7.16. The Labute approximate surface area is 223 Å². The lowest BCUT2D eigenvalue weighted by Gasteiger charge is -2.32. The molecule has 0 spiro atoms. The molecular weight excluding hydrogens is 482 g/mol. The van der Waals surface area contributed by atoms with Crippen molar-refractivity contribution in [3.8, 4) is 28.8 Å². The molecule has 6 aromatic rings. The average molecular weight is 508 g/mol. The van der Waals surface area contributed by atoms with Crippen molar-refractivity contribution in [2.45, 2.75) is 0 Å². The van der Waals surface area contributed by atoms with Gasteiger partial charge in [0.2, 0.25) is 0 Å². The Morgan fingerprint density at radius 3 is 1.03 bits per heavy atom. The highest BCUT2D eigenvalue weighted by Gasteiger charge is 2.45. The summed E-state index contributed by atoms with van der Waals surface area (Å²) in [4.78, 5) is 14.6. The SMILES string of the molecule is c1ccc(-c2nc(O[Si](c3ccccc3)(c3ccccc3)c3ccccc3)nc(-c3ccccc3)n2)cc1. The molecule has 0 N–H and O–H groups in total. The van der Waals surface area contributed by atoms with Gasteiger partial charge >= 0.3 is 14.3 Å². The Morgan fingerprint density at radius 2 is 0.684 bits per heavy atom. The van der Waals surface area contributed by atoms with Gasteiger partial charge in [0.05, 0.1) is 0 Å². The minimum atomic E-state index is -3.07. The molecule has 0 aliphatic heterocycles. The molecule has 0 aliphatic carbocycles. The smallest absolute Gasteiger partial charge is 0.350 e. The summed E-state index contributed by atoms with van der Waals surface area (Å²) in [5.74, 6) is 1.15. The Balaban J connectivity index is 1.60. The van der Waals surface area contributed by atoms with Crippen LogP contribution in [0.2, 0.25) is 0 Å². The van der Waals surface area contributed by atoms with Crippen molar-refractivity contribution in [3.63, 3.8) is 0 Å². The zero-order chi connectivity index (χ0) is 25.6. The van der Waals surface area contributed by atoms with Gasteiger partial charge in [-0.2, -0.15) is 9.97 Å². The van der Waals surface area contributed by atoms with Gasteiger partial charge in [0.25, 0.3) is 0 Å². The van der Waals surface area contributed by atoms with Crippen LogP contribution in [0.4, 0.5) is 0 Å². The van der Waals surface area contributed by atoms with E-state index in [1.807, 2.05) is 78.9 Å². The molecule has 0 bridgehead atoms. The normalized spacial score (nSPS) is 11.2. The summed E-state index contributed by atoms with van der Waals surface area (Å²) >= 11 is 0. The number of rotatable bonds is 7. The van der Waals surface area contributed by atoms with Crippen LogP contribution in [0.15, 0.2) is 152 Å². The zero-order valence-electron chi connectivity index (χ0n) is 20.7. The van der Waals surface area contributed by atoms with E-state index in [1.165, 1.54) is 0 Å². The van der Waals surface area contributed by atoms with Crippen LogP contribution in [0.5, 0.6) is 6.01 Å². The summed E-state index contributed by atoms with van der Waals surface area (Å²) < 4.78 is 7.16. The maximum Gasteiger partial charge on any atom is 0.350 e. The van der Waals surface area contributed by atoms with Crippen molar-refractivity contribution in [1.29, 1.82) is 0 Å². The molecular formula is C33H25N3OSi. The summed E-state index contributed by atoms with van der Waals surface area (Å²) in [5, 5.41) is 3.33. The first-order valence-corrected chi connectivity index (χ1v) is 14.5. The molecule has 38 heavy (non-hydrogen) atoms. The largest absolute Gasteiger partial charge is 0.503 e. The molecule has 5 aromatic carbocycles. The molecule has 1 heterocycles. The van der Waals surface area contributed by atoms with Crippen LogP contribution in [0.3, 0.4) is 0 Å². The van der Waals surface area contributed by atoms with E-state index in [1.54, 1.807) is 0 Å². The summed E-state index contributed by atoms with van der Waals surface area (Å²) in [6.45, 7) is 0. The van der Waals surface area contributed by atoms with Gasteiger partial charge in [-0.05, 0) is 15.6 Å². The maximum atomic E-state index is 7.16. The standard InChI is InChI=1S/C33H25N3OSi/c1-6-16-26(17-7-1)31-34-32(27-18-8-2-9-19-27)36-33(35-31)37-38(28-20-10-3-11-21-28,29-22-12-4-13-23-29)30-24-14-5-15-25-30/h1-25H. The van der Waals surface area contributed by atoms with Crippen molar-refractivity contribution in [3.05, 3.63) is 152 Å². The molecule has 182 valence electrons. The van der Waals surface area contributed by atoms with E-state index in [-0.39, 0.29) is 0 Å². The van der Waals surface area contributed by atoms with Gasteiger partial charge in [-0.1, -0.05) is 152 Å². The van der Waals surface area contributed by atoms with Crippen LogP contribution >= 0.6 is 0 Å². The van der Waals surface area contributed by atoms with Crippen molar-refractivity contribution < 1.29 is 4.43 Å². The van der Waals surface area contributed by atoms with E-state index in [9.17, 15) is 0 Å². The van der Waals surface area contributed by atoms with Crippen LogP contribution in [0, 0.1) is 0 Å². The zero-order valence-corrected chi connectivity index (χ0v) is 21.7. The van der Waals surface area contributed by atoms with Crippen LogP contribution < -0.4 is 20.0 Å². The van der Waals surface area contributed by atoms with Crippen molar-refractivity contribution in [2.75, 3.05) is 0 Å². The van der Waals surface area contributed by atoms with E-state index in [0.717, 1.165) is 26.7 Å². The highest BCUT2D eigenvalue weighted by Crippen LogP contribution is 2.24. The first-order chi connectivity index (χ1) is 18.8. The monoisotopic (exact) mass is 507 g/mol. The second-order valence-electron chi connectivity index (χ2n) is 8.88. The molecule has 0 atom stereocenters. The number of hydrogen-bond donors (Lipinski definition) is 0. The molecule has 0 amide bonds. The molecule has 0 saturated carbocycles. The molecule has 6 rings (SSSR count). The third-order valence-corrected chi connectivity index (χ3v) is 10.4. The number of benzene rings is 5.